The Morgan fingerprint density at radius 3 is 1.71 bits per heavy atom. The first-order valence-corrected chi connectivity index (χ1v) is 10.1. The summed E-state index contributed by atoms with van der Waals surface area (Å²) in [5.74, 6) is -3.16. The molecular weight excluding hydrogens is 392 g/mol. The number of nitrogens with two attached hydrogens (primary N) is 1. The number of aliphatic hydroxyl groups excluding tert-OH is 2. The average molecular weight is 423 g/mol. The molecule has 0 rings (SSSR count). The van der Waals surface area contributed by atoms with Crippen LogP contribution >= 0.6 is 11.8 Å². The van der Waals surface area contributed by atoms with E-state index < -0.39 is 60.1 Å². The lowest BCUT2D eigenvalue weighted by atomic mass is 10.1. The summed E-state index contributed by atoms with van der Waals surface area (Å²) in [6.45, 7) is 3.71. The number of hydrogen-bond acceptors (Lipinski definition) is 8. The maximum Gasteiger partial charge on any atom is 0.325 e. The predicted octanol–water partition coefficient (Wildman–Crippen LogP) is -2.61. The quantitative estimate of drug-likeness (QED) is 0.176. The lowest BCUT2D eigenvalue weighted by Gasteiger charge is -2.27. The van der Waals surface area contributed by atoms with Gasteiger partial charge in [-0.1, -0.05) is 0 Å². The highest BCUT2D eigenvalue weighted by Crippen LogP contribution is 2.02. The molecule has 0 aromatic rings. The number of carboxylic acids is 1. The minimum Gasteiger partial charge on any atom is -0.480 e. The smallest absolute Gasteiger partial charge is 0.325 e. The highest BCUT2D eigenvalue weighted by Gasteiger charge is 2.33. The van der Waals surface area contributed by atoms with E-state index in [4.69, 9.17) is 10.8 Å². The zero-order valence-electron chi connectivity index (χ0n) is 16.3. The summed E-state index contributed by atoms with van der Waals surface area (Å²) >= 11 is 1.50. The number of rotatable bonds is 12. The van der Waals surface area contributed by atoms with Crippen LogP contribution in [-0.2, 0) is 19.2 Å². The molecule has 0 fully saturated rings. The van der Waals surface area contributed by atoms with Gasteiger partial charge in [-0.15, -0.1) is 0 Å². The standard InChI is InChI=1S/C16H30N4O7S/c1-7(16(26)27)18-14(24)11(8(2)21)20-15(25)12(9(3)22)19-13(23)10(17)5-6-28-4/h7-12,21-22H,5-6,17H2,1-4H3,(H,18,24)(H,19,23)(H,20,25)(H,26,27). The molecule has 0 spiro atoms. The van der Waals surface area contributed by atoms with Crippen molar-refractivity contribution in [1.82, 2.24) is 16.0 Å². The van der Waals surface area contributed by atoms with Gasteiger partial charge in [-0.05, 0) is 39.2 Å². The molecule has 0 aliphatic carbocycles. The van der Waals surface area contributed by atoms with Gasteiger partial charge in [0.05, 0.1) is 18.2 Å². The second kappa shape index (κ2) is 12.5. The first kappa shape index (κ1) is 26.1. The summed E-state index contributed by atoms with van der Waals surface area (Å²) in [5.41, 5.74) is 5.73. The van der Waals surface area contributed by atoms with Gasteiger partial charge in [-0.2, -0.15) is 11.8 Å². The molecule has 0 aromatic heterocycles. The van der Waals surface area contributed by atoms with Gasteiger partial charge in [0.1, 0.15) is 18.1 Å². The normalized spacial score (nSPS) is 17.4. The van der Waals surface area contributed by atoms with Crippen LogP contribution in [0.5, 0.6) is 0 Å². The van der Waals surface area contributed by atoms with Crippen LogP contribution in [0, 0.1) is 0 Å². The average Bonchev–Trinajstić information content (AvgIpc) is 2.60. The van der Waals surface area contributed by atoms with E-state index in [0.29, 0.717) is 12.2 Å². The van der Waals surface area contributed by atoms with E-state index in [1.165, 1.54) is 32.5 Å². The summed E-state index contributed by atoms with van der Waals surface area (Å²) in [5, 5.41) is 35.1. The predicted molar refractivity (Wildman–Crippen MR) is 103 cm³/mol. The number of hydrogen-bond donors (Lipinski definition) is 7. The van der Waals surface area contributed by atoms with Crippen molar-refractivity contribution >= 4 is 35.5 Å². The van der Waals surface area contributed by atoms with Crippen molar-refractivity contribution in [2.75, 3.05) is 12.0 Å². The minimum atomic E-state index is -1.49. The van der Waals surface area contributed by atoms with E-state index in [1.807, 2.05) is 6.26 Å². The summed E-state index contributed by atoms with van der Waals surface area (Å²) in [6.07, 6.45) is -0.456. The van der Waals surface area contributed by atoms with Gasteiger partial charge in [0.15, 0.2) is 0 Å². The third-order valence-electron chi connectivity index (χ3n) is 3.82. The van der Waals surface area contributed by atoms with Crippen LogP contribution in [0.25, 0.3) is 0 Å². The summed E-state index contributed by atoms with van der Waals surface area (Å²) in [7, 11) is 0. The molecule has 12 heteroatoms. The van der Waals surface area contributed by atoms with Gasteiger partial charge in [0.2, 0.25) is 17.7 Å². The molecule has 0 aliphatic heterocycles. The van der Waals surface area contributed by atoms with E-state index in [9.17, 15) is 29.4 Å². The monoisotopic (exact) mass is 422 g/mol. The number of nitrogens with one attached hydrogen (secondary N) is 3. The number of aliphatic hydroxyl groups is 2. The van der Waals surface area contributed by atoms with Crippen molar-refractivity contribution in [3.05, 3.63) is 0 Å². The highest BCUT2D eigenvalue weighted by atomic mass is 32.2. The van der Waals surface area contributed by atoms with Gasteiger partial charge in [-0.3, -0.25) is 19.2 Å². The summed E-state index contributed by atoms with van der Waals surface area (Å²) in [6, 6.07) is -5.03. The Hall–Kier alpha value is -1.89. The topological polar surface area (TPSA) is 191 Å². The van der Waals surface area contributed by atoms with E-state index >= 15 is 0 Å². The number of amides is 3. The zero-order valence-corrected chi connectivity index (χ0v) is 17.2. The van der Waals surface area contributed by atoms with Crippen molar-refractivity contribution in [1.29, 1.82) is 0 Å². The Kier molecular flexibility index (Phi) is 11.7. The molecular formula is C16H30N4O7S. The van der Waals surface area contributed by atoms with Crippen molar-refractivity contribution in [2.24, 2.45) is 5.73 Å². The molecule has 0 saturated heterocycles. The molecule has 6 atom stereocenters. The van der Waals surface area contributed by atoms with E-state index in [2.05, 4.69) is 16.0 Å². The highest BCUT2D eigenvalue weighted by molar-refractivity contribution is 7.98. The van der Waals surface area contributed by atoms with Crippen molar-refractivity contribution in [3.63, 3.8) is 0 Å². The van der Waals surface area contributed by atoms with Crippen LogP contribution in [0.15, 0.2) is 0 Å². The molecule has 0 saturated carbocycles. The Morgan fingerprint density at radius 2 is 1.32 bits per heavy atom. The first-order chi connectivity index (χ1) is 12.9. The fourth-order valence-corrected chi connectivity index (χ4v) is 2.54. The number of carbonyl (C=O) groups is 4. The number of thioether (sulfide) groups is 1. The molecule has 0 aromatic carbocycles. The second-order valence-corrected chi connectivity index (χ2v) is 7.40. The third kappa shape index (κ3) is 8.87. The Morgan fingerprint density at radius 1 is 0.893 bits per heavy atom. The molecule has 0 bridgehead atoms. The maximum atomic E-state index is 12.5. The summed E-state index contributed by atoms with van der Waals surface area (Å²) in [4.78, 5) is 47.6. The van der Waals surface area contributed by atoms with E-state index in [0.717, 1.165) is 0 Å². The lowest BCUT2D eigenvalue weighted by Crippen LogP contribution is -2.61. The largest absolute Gasteiger partial charge is 0.480 e. The minimum absolute atomic E-state index is 0.368. The van der Waals surface area contributed by atoms with E-state index in [1.54, 1.807) is 0 Å². The molecule has 0 radical (unpaired) electrons. The van der Waals surface area contributed by atoms with Crippen LogP contribution in [0.3, 0.4) is 0 Å². The van der Waals surface area contributed by atoms with Crippen LogP contribution < -0.4 is 21.7 Å². The maximum absolute atomic E-state index is 12.5. The van der Waals surface area contributed by atoms with Gasteiger partial charge >= 0.3 is 5.97 Å². The third-order valence-corrected chi connectivity index (χ3v) is 4.47. The molecule has 11 nitrogen and oxygen atoms in total. The molecule has 3 amide bonds. The lowest BCUT2D eigenvalue weighted by molar-refractivity contribution is -0.142. The van der Waals surface area contributed by atoms with Crippen molar-refractivity contribution in [3.8, 4) is 0 Å². The second-order valence-electron chi connectivity index (χ2n) is 6.41. The van der Waals surface area contributed by atoms with Gasteiger partial charge in [0, 0.05) is 0 Å². The molecule has 28 heavy (non-hydrogen) atoms. The van der Waals surface area contributed by atoms with Crippen LogP contribution in [-0.4, -0.2) is 87.4 Å². The fraction of sp³-hybridized carbons (Fsp3) is 0.750. The van der Waals surface area contributed by atoms with Crippen LogP contribution in [0.4, 0.5) is 0 Å². The SMILES string of the molecule is CSCCC(N)C(=O)NC(C(=O)NC(C(=O)NC(C)C(=O)O)C(C)O)C(C)O. The Labute approximate surface area is 167 Å². The van der Waals surface area contributed by atoms with E-state index in [-0.39, 0.29) is 0 Å². The fourth-order valence-electron chi connectivity index (χ4n) is 2.05. The van der Waals surface area contributed by atoms with Gasteiger partial charge in [0.25, 0.3) is 0 Å². The molecule has 162 valence electrons. The molecule has 8 N–H and O–H groups in total. The number of aliphatic carboxylic acids is 1. The van der Waals surface area contributed by atoms with Crippen molar-refractivity contribution < 1.29 is 34.5 Å². The number of carbonyl (C=O) groups excluding carboxylic acids is 3. The Bertz CT molecular complexity index is 559. The molecule has 0 heterocycles. The van der Waals surface area contributed by atoms with Crippen LogP contribution in [0.1, 0.15) is 27.2 Å². The first-order valence-electron chi connectivity index (χ1n) is 8.66. The molecule has 0 aliphatic rings. The van der Waals surface area contributed by atoms with Crippen molar-refractivity contribution in [2.45, 2.75) is 63.6 Å². The zero-order chi connectivity index (χ0) is 22.0. The van der Waals surface area contributed by atoms with Gasteiger partial charge < -0.3 is 37.0 Å². The Balaban J connectivity index is 5.14. The van der Waals surface area contributed by atoms with Gasteiger partial charge in [-0.25, -0.2) is 0 Å². The van der Waals surface area contributed by atoms with Crippen LogP contribution in [0.2, 0.25) is 0 Å². The molecule has 6 unspecified atom stereocenters. The number of carboxylic acid groups (broad SMARTS) is 1. The summed E-state index contributed by atoms with van der Waals surface area (Å²) < 4.78 is 0.